The molecule has 0 saturated heterocycles. The van der Waals surface area contributed by atoms with Crippen molar-refractivity contribution in [2.75, 3.05) is 5.32 Å². The van der Waals surface area contributed by atoms with E-state index in [1.54, 1.807) is 26.0 Å². The number of nitro benzene ring substituents is 1. The van der Waals surface area contributed by atoms with Crippen LogP contribution in [0, 0.1) is 16.0 Å². The topological polar surface area (TPSA) is 98.5 Å². The number of esters is 1. The van der Waals surface area contributed by atoms with Crippen molar-refractivity contribution >= 4 is 34.9 Å². The molecule has 0 spiro atoms. The van der Waals surface area contributed by atoms with Crippen LogP contribution in [0.4, 0.5) is 11.4 Å². The van der Waals surface area contributed by atoms with Gasteiger partial charge in [-0.2, -0.15) is 0 Å². The van der Waals surface area contributed by atoms with Gasteiger partial charge in [0.1, 0.15) is 0 Å². The first-order valence-corrected chi connectivity index (χ1v) is 7.72. The molecule has 0 aliphatic carbocycles. The zero-order valence-corrected chi connectivity index (χ0v) is 14.2. The fourth-order valence-corrected chi connectivity index (χ4v) is 2.02. The Morgan fingerprint density at radius 1 is 1.16 bits per heavy atom. The van der Waals surface area contributed by atoms with Crippen molar-refractivity contribution < 1.29 is 19.2 Å². The standard InChI is InChI=1S/C17H15ClN2O5/c1-10(2)16(21)19-13-6-3-11(4-7-13)17(22)25-15-9-12(18)5-8-14(15)20(23)24/h3-10H,1-2H3,(H,19,21). The van der Waals surface area contributed by atoms with Gasteiger partial charge < -0.3 is 10.1 Å². The highest BCUT2D eigenvalue weighted by Gasteiger charge is 2.19. The molecule has 0 fully saturated rings. The second-order valence-corrected chi connectivity index (χ2v) is 5.92. The zero-order chi connectivity index (χ0) is 18.6. The monoisotopic (exact) mass is 362 g/mol. The van der Waals surface area contributed by atoms with Gasteiger partial charge in [-0.05, 0) is 30.3 Å². The quantitative estimate of drug-likeness (QED) is 0.374. The summed E-state index contributed by atoms with van der Waals surface area (Å²) in [5.74, 6) is -1.33. The molecule has 0 bridgehead atoms. The van der Waals surface area contributed by atoms with Gasteiger partial charge >= 0.3 is 11.7 Å². The van der Waals surface area contributed by atoms with E-state index in [1.165, 1.54) is 24.3 Å². The maximum absolute atomic E-state index is 12.2. The largest absolute Gasteiger partial charge is 0.415 e. The summed E-state index contributed by atoms with van der Waals surface area (Å²) < 4.78 is 5.08. The van der Waals surface area contributed by atoms with Crippen LogP contribution in [0.2, 0.25) is 5.02 Å². The van der Waals surface area contributed by atoms with Crippen LogP contribution in [-0.2, 0) is 4.79 Å². The van der Waals surface area contributed by atoms with E-state index in [9.17, 15) is 19.7 Å². The molecule has 2 aromatic rings. The molecule has 0 atom stereocenters. The van der Waals surface area contributed by atoms with Crippen LogP contribution in [0.25, 0.3) is 0 Å². The van der Waals surface area contributed by atoms with E-state index in [2.05, 4.69) is 5.32 Å². The maximum Gasteiger partial charge on any atom is 0.343 e. The smallest absolute Gasteiger partial charge is 0.343 e. The normalized spacial score (nSPS) is 10.4. The lowest BCUT2D eigenvalue weighted by atomic mass is 10.1. The molecule has 0 heterocycles. The third kappa shape index (κ3) is 4.77. The molecule has 0 radical (unpaired) electrons. The Labute approximate surface area is 148 Å². The van der Waals surface area contributed by atoms with Crippen LogP contribution in [-0.4, -0.2) is 16.8 Å². The Hall–Kier alpha value is -2.93. The summed E-state index contributed by atoms with van der Waals surface area (Å²) in [4.78, 5) is 34.1. The Balaban J connectivity index is 2.15. The van der Waals surface area contributed by atoms with E-state index in [1.807, 2.05) is 0 Å². The summed E-state index contributed by atoms with van der Waals surface area (Å²) >= 11 is 5.79. The molecule has 130 valence electrons. The molecule has 8 heteroatoms. The SMILES string of the molecule is CC(C)C(=O)Nc1ccc(C(=O)Oc2cc(Cl)ccc2[N+](=O)[O-])cc1. The number of nitro groups is 1. The number of rotatable bonds is 5. The molecule has 2 rings (SSSR count). The van der Waals surface area contributed by atoms with E-state index in [-0.39, 0.29) is 33.8 Å². The molecule has 0 aromatic heterocycles. The molecule has 0 saturated carbocycles. The number of carbonyl (C=O) groups excluding carboxylic acids is 2. The van der Waals surface area contributed by atoms with Gasteiger partial charge in [0.2, 0.25) is 11.7 Å². The fourth-order valence-electron chi connectivity index (χ4n) is 1.86. The van der Waals surface area contributed by atoms with Crippen LogP contribution in [0.1, 0.15) is 24.2 Å². The lowest BCUT2D eigenvalue weighted by molar-refractivity contribution is -0.385. The predicted molar refractivity (Wildman–Crippen MR) is 93.0 cm³/mol. The Morgan fingerprint density at radius 3 is 2.36 bits per heavy atom. The van der Waals surface area contributed by atoms with Crippen molar-refractivity contribution in [3.05, 3.63) is 63.2 Å². The Kier molecular flexibility index (Phi) is 5.71. The highest BCUT2D eigenvalue weighted by Crippen LogP contribution is 2.30. The third-order valence-corrected chi connectivity index (χ3v) is 3.47. The lowest BCUT2D eigenvalue weighted by Crippen LogP contribution is -2.17. The third-order valence-electron chi connectivity index (χ3n) is 3.23. The average molecular weight is 363 g/mol. The number of hydrogen-bond acceptors (Lipinski definition) is 5. The highest BCUT2D eigenvalue weighted by atomic mass is 35.5. The zero-order valence-electron chi connectivity index (χ0n) is 13.5. The van der Waals surface area contributed by atoms with Crippen LogP contribution in [0.5, 0.6) is 5.75 Å². The fraction of sp³-hybridized carbons (Fsp3) is 0.176. The number of nitrogens with zero attached hydrogens (tertiary/aromatic N) is 1. The first kappa shape index (κ1) is 18.4. The highest BCUT2D eigenvalue weighted by molar-refractivity contribution is 6.30. The number of anilines is 1. The van der Waals surface area contributed by atoms with E-state index in [0.717, 1.165) is 6.07 Å². The molecule has 1 amide bonds. The van der Waals surface area contributed by atoms with Crippen LogP contribution in [0.15, 0.2) is 42.5 Å². The van der Waals surface area contributed by atoms with E-state index < -0.39 is 10.9 Å². The van der Waals surface area contributed by atoms with Crippen molar-refractivity contribution in [2.45, 2.75) is 13.8 Å². The number of halogens is 1. The molecule has 1 N–H and O–H groups in total. The second kappa shape index (κ2) is 7.76. The number of benzene rings is 2. The minimum Gasteiger partial charge on any atom is -0.415 e. The van der Waals surface area contributed by atoms with Gasteiger partial charge in [-0.15, -0.1) is 0 Å². The number of amides is 1. The number of ether oxygens (including phenoxy) is 1. The van der Waals surface area contributed by atoms with Gasteiger partial charge in [0, 0.05) is 28.8 Å². The number of nitrogens with one attached hydrogen (secondary N) is 1. The number of carbonyl (C=O) groups is 2. The van der Waals surface area contributed by atoms with Crippen LogP contribution < -0.4 is 10.1 Å². The van der Waals surface area contributed by atoms with Crippen LogP contribution in [0.3, 0.4) is 0 Å². The lowest BCUT2D eigenvalue weighted by Gasteiger charge is -2.09. The minimum atomic E-state index is -0.771. The summed E-state index contributed by atoms with van der Waals surface area (Å²) in [5, 5.41) is 13.9. The Bertz CT molecular complexity index is 818. The maximum atomic E-state index is 12.2. The molecule has 25 heavy (non-hydrogen) atoms. The van der Waals surface area contributed by atoms with Gasteiger partial charge in [-0.25, -0.2) is 4.79 Å². The summed E-state index contributed by atoms with van der Waals surface area (Å²) in [6.45, 7) is 3.53. The molecule has 0 aliphatic rings. The van der Waals surface area contributed by atoms with E-state index in [0.29, 0.717) is 5.69 Å². The molecule has 0 unspecified atom stereocenters. The van der Waals surface area contributed by atoms with Gasteiger partial charge in [0.25, 0.3) is 0 Å². The molecular weight excluding hydrogens is 348 g/mol. The van der Waals surface area contributed by atoms with E-state index in [4.69, 9.17) is 16.3 Å². The summed E-state index contributed by atoms with van der Waals surface area (Å²) in [7, 11) is 0. The van der Waals surface area contributed by atoms with Gasteiger partial charge in [0.15, 0.2) is 0 Å². The van der Waals surface area contributed by atoms with Crippen molar-refractivity contribution in [2.24, 2.45) is 5.92 Å². The molecule has 2 aromatic carbocycles. The second-order valence-electron chi connectivity index (χ2n) is 5.48. The van der Waals surface area contributed by atoms with Crippen LogP contribution >= 0.6 is 11.6 Å². The Morgan fingerprint density at radius 2 is 1.80 bits per heavy atom. The van der Waals surface area contributed by atoms with Gasteiger partial charge in [-0.3, -0.25) is 14.9 Å². The minimum absolute atomic E-state index is 0.148. The molecular formula is C17H15ClN2O5. The first-order chi connectivity index (χ1) is 11.8. The first-order valence-electron chi connectivity index (χ1n) is 7.35. The summed E-state index contributed by atoms with van der Waals surface area (Å²) in [6, 6.07) is 9.70. The summed E-state index contributed by atoms with van der Waals surface area (Å²) in [6.07, 6.45) is 0. The van der Waals surface area contributed by atoms with E-state index >= 15 is 0 Å². The van der Waals surface area contributed by atoms with Gasteiger partial charge in [-0.1, -0.05) is 25.4 Å². The summed E-state index contributed by atoms with van der Waals surface area (Å²) in [5.41, 5.74) is 0.347. The molecule has 0 aliphatic heterocycles. The van der Waals surface area contributed by atoms with Crippen molar-refractivity contribution in [1.29, 1.82) is 0 Å². The number of hydrogen-bond donors (Lipinski definition) is 1. The van der Waals surface area contributed by atoms with Crippen molar-refractivity contribution in [3.8, 4) is 5.75 Å². The predicted octanol–water partition coefficient (Wildman–Crippen LogP) is 4.06. The molecule has 7 nitrogen and oxygen atoms in total. The van der Waals surface area contributed by atoms with Crippen molar-refractivity contribution in [3.63, 3.8) is 0 Å². The van der Waals surface area contributed by atoms with Crippen molar-refractivity contribution in [1.82, 2.24) is 0 Å². The average Bonchev–Trinajstić information content (AvgIpc) is 2.55. The van der Waals surface area contributed by atoms with Gasteiger partial charge in [0.05, 0.1) is 10.5 Å².